The van der Waals surface area contributed by atoms with Crippen LogP contribution in [0.3, 0.4) is 0 Å². The highest BCUT2D eigenvalue weighted by Crippen LogP contribution is 2.22. The van der Waals surface area contributed by atoms with Gasteiger partial charge in [0.2, 0.25) is 0 Å². The van der Waals surface area contributed by atoms with E-state index in [0.29, 0.717) is 0 Å². The number of hydrogen-bond donors (Lipinski definition) is 1. The number of carboxylic acids is 1. The van der Waals surface area contributed by atoms with E-state index in [1.165, 1.54) is 4.68 Å². The summed E-state index contributed by atoms with van der Waals surface area (Å²) >= 11 is 0. The Morgan fingerprint density at radius 2 is 1.95 bits per heavy atom. The van der Waals surface area contributed by atoms with Crippen LogP contribution >= 0.6 is 0 Å². The number of halogens is 3. The van der Waals surface area contributed by atoms with Crippen molar-refractivity contribution in [2.75, 3.05) is 0 Å². The van der Waals surface area contributed by atoms with Crippen molar-refractivity contribution in [1.29, 1.82) is 0 Å². The van der Waals surface area contributed by atoms with Crippen molar-refractivity contribution in [2.45, 2.75) is 19.9 Å². The Hall–Kier alpha value is -2.45. The van der Waals surface area contributed by atoms with E-state index in [2.05, 4.69) is 15.5 Å². The quantitative estimate of drug-likeness (QED) is 0.853. The summed E-state index contributed by atoms with van der Waals surface area (Å²) in [6.45, 7) is 1.82. The molecule has 0 aliphatic rings. The normalized spacial score (nSPS) is 12.4. The number of nitrogens with zero attached hydrogens (tertiary/aromatic N) is 4. The van der Waals surface area contributed by atoms with E-state index in [9.17, 15) is 18.0 Å². The van der Waals surface area contributed by atoms with Crippen molar-refractivity contribution in [3.05, 3.63) is 29.6 Å². The maximum atomic E-state index is 13.2. The molecule has 1 unspecified atom stereocenters. The molecule has 1 aromatic carbocycles. The number of rotatable bonds is 5. The van der Waals surface area contributed by atoms with Crippen molar-refractivity contribution in [2.24, 2.45) is 5.92 Å². The molecule has 21 heavy (non-hydrogen) atoms. The molecule has 2 rings (SSSR count). The number of aromatic nitrogens is 4. The smallest absolute Gasteiger partial charge is 0.303 e. The van der Waals surface area contributed by atoms with Crippen LogP contribution in [0, 0.1) is 23.4 Å². The Bertz CT molecular complexity index is 651. The fourth-order valence-corrected chi connectivity index (χ4v) is 1.88. The molecule has 0 aliphatic heterocycles. The third kappa shape index (κ3) is 3.36. The van der Waals surface area contributed by atoms with Crippen molar-refractivity contribution in [3.63, 3.8) is 0 Å². The van der Waals surface area contributed by atoms with Crippen LogP contribution < -0.4 is 0 Å². The monoisotopic (exact) mass is 300 g/mol. The number of tetrazole rings is 1. The molecule has 1 N–H and O–H groups in total. The van der Waals surface area contributed by atoms with Gasteiger partial charge in [0, 0.05) is 18.5 Å². The fourth-order valence-electron chi connectivity index (χ4n) is 1.88. The van der Waals surface area contributed by atoms with Crippen molar-refractivity contribution in [3.8, 4) is 11.4 Å². The van der Waals surface area contributed by atoms with E-state index in [-0.39, 0.29) is 30.3 Å². The van der Waals surface area contributed by atoms with E-state index < -0.39 is 23.4 Å². The topological polar surface area (TPSA) is 80.9 Å². The average molecular weight is 300 g/mol. The largest absolute Gasteiger partial charge is 0.481 e. The number of benzene rings is 1. The number of carboxylic acid groups (broad SMARTS) is 1. The highest BCUT2D eigenvalue weighted by Gasteiger charge is 2.18. The average Bonchev–Trinajstić information content (AvgIpc) is 2.82. The lowest BCUT2D eigenvalue weighted by atomic mass is 10.1. The standard InChI is InChI=1S/C12H11F3N4O2/c1-6(2-10(20)21)5-19-12(16-17-18-19)7-3-8(13)11(15)9(14)4-7/h3-4,6H,2,5H2,1H3,(H,20,21). The van der Waals surface area contributed by atoms with Crippen LogP contribution in [0.25, 0.3) is 11.4 Å². The van der Waals surface area contributed by atoms with Gasteiger partial charge in [-0.15, -0.1) is 5.10 Å². The van der Waals surface area contributed by atoms with Gasteiger partial charge < -0.3 is 5.11 Å². The third-order valence-electron chi connectivity index (χ3n) is 2.78. The molecule has 0 saturated carbocycles. The molecule has 0 spiro atoms. The van der Waals surface area contributed by atoms with Crippen LogP contribution in [0.2, 0.25) is 0 Å². The van der Waals surface area contributed by atoms with E-state index in [1.807, 2.05) is 0 Å². The van der Waals surface area contributed by atoms with Crippen molar-refractivity contribution >= 4 is 5.97 Å². The maximum Gasteiger partial charge on any atom is 0.303 e. The van der Waals surface area contributed by atoms with Gasteiger partial charge >= 0.3 is 5.97 Å². The van der Waals surface area contributed by atoms with Crippen LogP contribution in [0.1, 0.15) is 13.3 Å². The molecular weight excluding hydrogens is 289 g/mol. The minimum atomic E-state index is -1.57. The van der Waals surface area contributed by atoms with Crippen LogP contribution in [0.4, 0.5) is 13.2 Å². The summed E-state index contributed by atoms with van der Waals surface area (Å²) in [6, 6.07) is 1.56. The second kappa shape index (κ2) is 5.90. The summed E-state index contributed by atoms with van der Waals surface area (Å²) in [4.78, 5) is 10.6. The summed E-state index contributed by atoms with van der Waals surface area (Å²) in [5.41, 5.74) is -0.0288. The number of aliphatic carboxylic acids is 1. The van der Waals surface area contributed by atoms with Crippen molar-refractivity contribution in [1.82, 2.24) is 20.2 Å². The summed E-state index contributed by atoms with van der Waals surface area (Å²) in [6.07, 6.45) is -0.106. The molecular formula is C12H11F3N4O2. The van der Waals surface area contributed by atoms with Gasteiger partial charge in [0.05, 0.1) is 0 Å². The van der Waals surface area contributed by atoms with Gasteiger partial charge in [-0.05, 0) is 28.5 Å². The zero-order valence-electron chi connectivity index (χ0n) is 10.9. The Labute approximate surface area is 117 Å². The zero-order chi connectivity index (χ0) is 15.6. The molecule has 1 atom stereocenters. The SMILES string of the molecule is CC(CC(=O)O)Cn1nnnc1-c1cc(F)c(F)c(F)c1. The molecule has 0 radical (unpaired) electrons. The first-order valence-corrected chi connectivity index (χ1v) is 6.01. The predicted octanol–water partition coefficient (Wildman–Crippen LogP) is 1.87. The zero-order valence-corrected chi connectivity index (χ0v) is 10.9. The van der Waals surface area contributed by atoms with Gasteiger partial charge in [-0.3, -0.25) is 4.79 Å². The fraction of sp³-hybridized carbons (Fsp3) is 0.333. The lowest BCUT2D eigenvalue weighted by molar-refractivity contribution is -0.138. The molecule has 112 valence electrons. The van der Waals surface area contributed by atoms with Gasteiger partial charge in [-0.2, -0.15) is 0 Å². The first kappa shape index (κ1) is 14.9. The number of carbonyl (C=O) groups is 1. The Morgan fingerprint density at radius 3 is 2.52 bits per heavy atom. The molecule has 2 aromatic rings. The molecule has 0 fully saturated rings. The molecule has 6 nitrogen and oxygen atoms in total. The highest BCUT2D eigenvalue weighted by molar-refractivity contribution is 5.66. The maximum absolute atomic E-state index is 13.2. The molecule has 9 heteroatoms. The minimum absolute atomic E-state index is 0.0288. The van der Waals surface area contributed by atoms with Gasteiger partial charge in [0.25, 0.3) is 0 Å². The molecule has 1 aromatic heterocycles. The molecule has 0 aliphatic carbocycles. The van der Waals surface area contributed by atoms with Crippen LogP contribution in [0.15, 0.2) is 12.1 Å². The number of hydrogen-bond acceptors (Lipinski definition) is 4. The molecule has 0 bridgehead atoms. The van der Waals surface area contributed by atoms with Gasteiger partial charge in [0.1, 0.15) is 0 Å². The van der Waals surface area contributed by atoms with E-state index in [1.54, 1.807) is 6.92 Å². The Kier molecular flexibility index (Phi) is 4.20. The van der Waals surface area contributed by atoms with Gasteiger partial charge in [-0.25, -0.2) is 17.9 Å². The second-order valence-corrected chi connectivity index (χ2v) is 4.64. The molecule has 0 amide bonds. The lowest BCUT2D eigenvalue weighted by Crippen LogP contribution is -2.14. The first-order chi connectivity index (χ1) is 9.88. The van der Waals surface area contributed by atoms with Crippen LogP contribution in [-0.2, 0) is 11.3 Å². The Balaban J connectivity index is 2.30. The summed E-state index contributed by atoms with van der Waals surface area (Å²) in [5, 5.41) is 19.4. The van der Waals surface area contributed by atoms with Crippen molar-refractivity contribution < 1.29 is 23.1 Å². The minimum Gasteiger partial charge on any atom is -0.481 e. The van der Waals surface area contributed by atoms with Crippen LogP contribution in [0.5, 0.6) is 0 Å². The third-order valence-corrected chi connectivity index (χ3v) is 2.78. The molecule has 1 heterocycles. The first-order valence-electron chi connectivity index (χ1n) is 6.01. The van der Waals surface area contributed by atoms with Gasteiger partial charge in [-0.1, -0.05) is 6.92 Å². The van der Waals surface area contributed by atoms with E-state index in [0.717, 1.165) is 12.1 Å². The second-order valence-electron chi connectivity index (χ2n) is 4.64. The summed E-state index contributed by atoms with van der Waals surface area (Å²) in [5.74, 6) is -5.51. The summed E-state index contributed by atoms with van der Waals surface area (Å²) in [7, 11) is 0. The highest BCUT2D eigenvalue weighted by atomic mass is 19.2. The van der Waals surface area contributed by atoms with E-state index in [4.69, 9.17) is 5.11 Å². The van der Waals surface area contributed by atoms with E-state index >= 15 is 0 Å². The molecule has 0 saturated heterocycles. The van der Waals surface area contributed by atoms with Gasteiger partial charge in [0.15, 0.2) is 23.3 Å². The summed E-state index contributed by atoms with van der Waals surface area (Å²) < 4.78 is 40.6. The predicted molar refractivity (Wildman–Crippen MR) is 64.5 cm³/mol. The lowest BCUT2D eigenvalue weighted by Gasteiger charge is -2.10. The van der Waals surface area contributed by atoms with Crippen LogP contribution in [-0.4, -0.2) is 31.3 Å². The Morgan fingerprint density at radius 1 is 1.33 bits per heavy atom.